The molecule has 0 spiro atoms. The molecule has 2 heterocycles. The first-order valence-corrected chi connectivity index (χ1v) is 6.15. The molecule has 3 rings (SSSR count). The number of rotatable bonds is 1. The SMILES string of the molecule is c1cc2c(c(N3CCCNCC3)c1)OCC2. The Morgan fingerprint density at radius 1 is 1.19 bits per heavy atom. The Morgan fingerprint density at radius 3 is 3.19 bits per heavy atom. The molecule has 16 heavy (non-hydrogen) atoms. The van der Waals surface area contributed by atoms with Gasteiger partial charge in [-0.15, -0.1) is 0 Å². The van der Waals surface area contributed by atoms with E-state index >= 15 is 0 Å². The summed E-state index contributed by atoms with van der Waals surface area (Å²) in [5, 5.41) is 3.43. The van der Waals surface area contributed by atoms with E-state index in [0.717, 1.165) is 45.0 Å². The second-order valence-corrected chi connectivity index (χ2v) is 4.45. The molecule has 1 fully saturated rings. The molecule has 2 aliphatic heterocycles. The van der Waals surface area contributed by atoms with Gasteiger partial charge in [-0.3, -0.25) is 0 Å². The van der Waals surface area contributed by atoms with E-state index < -0.39 is 0 Å². The molecule has 1 saturated heterocycles. The van der Waals surface area contributed by atoms with Crippen LogP contribution >= 0.6 is 0 Å². The zero-order chi connectivity index (χ0) is 10.8. The second-order valence-electron chi connectivity index (χ2n) is 4.45. The van der Waals surface area contributed by atoms with Gasteiger partial charge in [0.05, 0.1) is 12.3 Å². The molecule has 0 aliphatic carbocycles. The van der Waals surface area contributed by atoms with Crippen LogP contribution in [0.2, 0.25) is 0 Å². The number of ether oxygens (including phenoxy) is 1. The van der Waals surface area contributed by atoms with Crippen LogP contribution in [0.4, 0.5) is 5.69 Å². The number of hydrogen-bond donors (Lipinski definition) is 1. The topological polar surface area (TPSA) is 24.5 Å². The van der Waals surface area contributed by atoms with E-state index in [-0.39, 0.29) is 0 Å². The van der Waals surface area contributed by atoms with Gasteiger partial charge in [-0.2, -0.15) is 0 Å². The fourth-order valence-electron chi connectivity index (χ4n) is 2.53. The molecule has 3 heteroatoms. The summed E-state index contributed by atoms with van der Waals surface area (Å²) >= 11 is 0. The van der Waals surface area contributed by atoms with E-state index in [1.165, 1.54) is 17.7 Å². The zero-order valence-corrected chi connectivity index (χ0v) is 9.54. The first-order valence-electron chi connectivity index (χ1n) is 6.15. The third-order valence-electron chi connectivity index (χ3n) is 3.37. The fraction of sp³-hybridized carbons (Fsp3) is 0.538. The summed E-state index contributed by atoms with van der Waals surface area (Å²) in [7, 11) is 0. The van der Waals surface area contributed by atoms with Crippen LogP contribution < -0.4 is 15.0 Å². The molecule has 0 bridgehead atoms. The van der Waals surface area contributed by atoms with Crippen molar-refractivity contribution < 1.29 is 4.74 Å². The monoisotopic (exact) mass is 218 g/mol. The van der Waals surface area contributed by atoms with Crippen molar-refractivity contribution in [3.05, 3.63) is 23.8 Å². The summed E-state index contributed by atoms with van der Waals surface area (Å²) in [5.41, 5.74) is 2.66. The van der Waals surface area contributed by atoms with Gasteiger partial charge in [-0.1, -0.05) is 12.1 Å². The van der Waals surface area contributed by atoms with E-state index in [9.17, 15) is 0 Å². The van der Waals surface area contributed by atoms with Crippen molar-refractivity contribution in [2.45, 2.75) is 12.8 Å². The predicted octanol–water partition coefficient (Wildman–Crippen LogP) is 1.42. The molecule has 1 N–H and O–H groups in total. The number of hydrogen-bond acceptors (Lipinski definition) is 3. The van der Waals surface area contributed by atoms with Gasteiger partial charge < -0.3 is 15.0 Å². The number of fused-ring (bicyclic) bond motifs is 1. The van der Waals surface area contributed by atoms with Crippen molar-refractivity contribution in [2.24, 2.45) is 0 Å². The van der Waals surface area contributed by atoms with Crippen molar-refractivity contribution in [1.82, 2.24) is 5.32 Å². The maximum absolute atomic E-state index is 5.76. The van der Waals surface area contributed by atoms with Crippen LogP contribution in [-0.4, -0.2) is 32.8 Å². The standard InChI is InChI=1S/C13H18N2O/c1-3-11-5-10-16-13(11)12(4-1)15-8-2-6-14-7-9-15/h1,3-4,14H,2,5-10H2. The third kappa shape index (κ3) is 1.76. The molecular formula is C13H18N2O. The molecular weight excluding hydrogens is 200 g/mol. The molecule has 0 amide bonds. The average Bonchev–Trinajstić information content (AvgIpc) is 2.63. The van der Waals surface area contributed by atoms with Gasteiger partial charge in [0, 0.05) is 26.1 Å². The summed E-state index contributed by atoms with van der Waals surface area (Å²) in [6.07, 6.45) is 2.28. The third-order valence-corrected chi connectivity index (χ3v) is 3.37. The van der Waals surface area contributed by atoms with E-state index in [4.69, 9.17) is 4.74 Å². The Hall–Kier alpha value is -1.22. The Morgan fingerprint density at radius 2 is 2.19 bits per heavy atom. The van der Waals surface area contributed by atoms with Gasteiger partial charge in [-0.05, 0) is 24.6 Å². The van der Waals surface area contributed by atoms with Gasteiger partial charge in [0.15, 0.2) is 0 Å². The van der Waals surface area contributed by atoms with E-state index in [0.29, 0.717) is 0 Å². The van der Waals surface area contributed by atoms with Crippen LogP contribution in [0, 0.1) is 0 Å². The second kappa shape index (κ2) is 4.34. The number of para-hydroxylation sites is 1. The maximum atomic E-state index is 5.76. The summed E-state index contributed by atoms with van der Waals surface area (Å²) in [5.74, 6) is 1.13. The highest BCUT2D eigenvalue weighted by Crippen LogP contribution is 2.36. The van der Waals surface area contributed by atoms with Crippen molar-refractivity contribution in [3.63, 3.8) is 0 Å². The molecule has 1 aromatic carbocycles. The number of anilines is 1. The first-order chi connectivity index (χ1) is 7.95. The summed E-state index contributed by atoms with van der Waals surface area (Å²) in [6.45, 7) is 5.26. The molecule has 86 valence electrons. The Balaban J connectivity index is 1.90. The van der Waals surface area contributed by atoms with Crippen LogP contribution in [0.1, 0.15) is 12.0 Å². The maximum Gasteiger partial charge on any atom is 0.145 e. The molecule has 0 saturated carbocycles. The lowest BCUT2D eigenvalue weighted by Gasteiger charge is -2.24. The minimum absolute atomic E-state index is 0.846. The predicted molar refractivity (Wildman–Crippen MR) is 65.3 cm³/mol. The molecule has 3 nitrogen and oxygen atoms in total. The largest absolute Gasteiger partial charge is 0.491 e. The van der Waals surface area contributed by atoms with Gasteiger partial charge in [-0.25, -0.2) is 0 Å². The summed E-state index contributed by atoms with van der Waals surface area (Å²) < 4.78 is 5.76. The quantitative estimate of drug-likeness (QED) is 0.771. The lowest BCUT2D eigenvalue weighted by Crippen LogP contribution is -2.28. The van der Waals surface area contributed by atoms with Crippen molar-refractivity contribution in [3.8, 4) is 5.75 Å². The van der Waals surface area contributed by atoms with Gasteiger partial charge in [0.25, 0.3) is 0 Å². The van der Waals surface area contributed by atoms with E-state index in [1.54, 1.807) is 0 Å². The highest BCUT2D eigenvalue weighted by Gasteiger charge is 2.20. The molecule has 2 aliphatic rings. The van der Waals surface area contributed by atoms with Gasteiger partial charge in [0.2, 0.25) is 0 Å². The lowest BCUT2D eigenvalue weighted by atomic mass is 10.1. The summed E-state index contributed by atoms with van der Waals surface area (Å²) in [4.78, 5) is 2.45. The highest BCUT2D eigenvalue weighted by molar-refractivity contribution is 5.63. The molecule has 0 aromatic heterocycles. The van der Waals surface area contributed by atoms with Crippen LogP contribution in [0.25, 0.3) is 0 Å². The zero-order valence-electron chi connectivity index (χ0n) is 9.54. The Bertz CT molecular complexity index is 370. The first kappa shape index (κ1) is 9.97. The fourth-order valence-corrected chi connectivity index (χ4v) is 2.53. The molecule has 0 atom stereocenters. The molecule has 0 unspecified atom stereocenters. The number of nitrogens with one attached hydrogen (secondary N) is 1. The number of nitrogens with zero attached hydrogens (tertiary/aromatic N) is 1. The van der Waals surface area contributed by atoms with E-state index in [1.807, 2.05) is 0 Å². The van der Waals surface area contributed by atoms with Crippen LogP contribution in [0.3, 0.4) is 0 Å². The van der Waals surface area contributed by atoms with E-state index in [2.05, 4.69) is 28.4 Å². The average molecular weight is 218 g/mol. The van der Waals surface area contributed by atoms with Crippen molar-refractivity contribution in [1.29, 1.82) is 0 Å². The van der Waals surface area contributed by atoms with Crippen LogP contribution in [0.15, 0.2) is 18.2 Å². The van der Waals surface area contributed by atoms with Gasteiger partial charge in [0.1, 0.15) is 5.75 Å². The lowest BCUT2D eigenvalue weighted by molar-refractivity contribution is 0.357. The van der Waals surface area contributed by atoms with Crippen molar-refractivity contribution >= 4 is 5.69 Å². The summed E-state index contributed by atoms with van der Waals surface area (Å²) in [6, 6.07) is 6.53. The Kier molecular flexibility index (Phi) is 2.70. The van der Waals surface area contributed by atoms with Gasteiger partial charge >= 0.3 is 0 Å². The highest BCUT2D eigenvalue weighted by atomic mass is 16.5. The van der Waals surface area contributed by atoms with Crippen molar-refractivity contribution in [2.75, 3.05) is 37.7 Å². The smallest absolute Gasteiger partial charge is 0.145 e. The van der Waals surface area contributed by atoms with Crippen LogP contribution in [0.5, 0.6) is 5.75 Å². The Labute approximate surface area is 96.4 Å². The minimum atomic E-state index is 0.846. The minimum Gasteiger partial charge on any atom is -0.491 e. The normalized spacial score (nSPS) is 20.1. The number of benzene rings is 1. The molecule has 0 radical (unpaired) electrons. The molecule has 1 aromatic rings. The van der Waals surface area contributed by atoms with Crippen LogP contribution in [-0.2, 0) is 6.42 Å².